The van der Waals surface area contributed by atoms with Gasteiger partial charge in [0.15, 0.2) is 6.61 Å². The Hall–Kier alpha value is -2.24. The third-order valence-electron chi connectivity index (χ3n) is 6.21. The van der Waals surface area contributed by atoms with Crippen LogP contribution in [0.15, 0.2) is 42.5 Å². The molecule has 0 N–H and O–H groups in total. The van der Waals surface area contributed by atoms with Crippen molar-refractivity contribution in [2.45, 2.75) is 32.7 Å². The lowest BCUT2D eigenvalue weighted by Gasteiger charge is -2.35. The van der Waals surface area contributed by atoms with E-state index in [9.17, 15) is 4.79 Å². The molecule has 2 aliphatic rings. The molecule has 2 saturated heterocycles. The fraction of sp³-hybridized carbons (Fsp3) is 0.480. The first-order valence-electron chi connectivity index (χ1n) is 11.3. The number of halogens is 1. The normalized spacial score (nSPS) is 17.6. The molecule has 0 saturated carbocycles. The molecule has 0 aliphatic carbocycles. The number of ether oxygens (including phenoxy) is 1. The molecule has 0 atom stereocenters. The number of rotatable bonds is 6. The van der Waals surface area contributed by atoms with E-state index in [1.54, 1.807) is 0 Å². The number of anilines is 1. The summed E-state index contributed by atoms with van der Waals surface area (Å²) in [5.74, 6) is 0.888. The van der Waals surface area contributed by atoms with Crippen LogP contribution in [0.2, 0.25) is 5.02 Å². The summed E-state index contributed by atoms with van der Waals surface area (Å²) in [5.41, 5.74) is 3.59. The van der Waals surface area contributed by atoms with Gasteiger partial charge in [-0.1, -0.05) is 29.8 Å². The summed E-state index contributed by atoms with van der Waals surface area (Å²) < 4.78 is 6.04. The van der Waals surface area contributed by atoms with Crippen LogP contribution in [0.3, 0.4) is 0 Å². The van der Waals surface area contributed by atoms with Crippen molar-refractivity contribution in [2.24, 2.45) is 0 Å². The Morgan fingerprint density at radius 3 is 2.35 bits per heavy atom. The highest BCUT2D eigenvalue weighted by Gasteiger charge is 2.22. The monoisotopic (exact) mass is 441 g/mol. The van der Waals surface area contributed by atoms with Crippen molar-refractivity contribution >= 4 is 23.2 Å². The lowest BCUT2D eigenvalue weighted by molar-refractivity contribution is -0.135. The fourth-order valence-electron chi connectivity index (χ4n) is 4.37. The molecule has 2 aliphatic heterocycles. The van der Waals surface area contributed by atoms with E-state index in [0.29, 0.717) is 0 Å². The Balaban J connectivity index is 1.28. The standard InChI is InChI=1S/C25H32ClN3O2/c1-20-5-10-24(23(17-20)28-11-3-2-4-12-28)31-19-25(30)29-15-13-27(14-16-29)18-21-6-8-22(26)9-7-21/h5-10,17H,2-4,11-16,18-19H2,1H3. The summed E-state index contributed by atoms with van der Waals surface area (Å²) >= 11 is 5.97. The van der Waals surface area contributed by atoms with Crippen LogP contribution >= 0.6 is 11.6 Å². The van der Waals surface area contributed by atoms with Gasteiger partial charge < -0.3 is 14.5 Å². The van der Waals surface area contributed by atoms with E-state index in [2.05, 4.69) is 41.0 Å². The molecule has 4 rings (SSSR count). The Kier molecular flexibility index (Phi) is 7.36. The summed E-state index contributed by atoms with van der Waals surface area (Å²) in [6.45, 7) is 8.43. The third-order valence-corrected chi connectivity index (χ3v) is 6.46. The smallest absolute Gasteiger partial charge is 0.260 e. The molecule has 2 aromatic rings. The van der Waals surface area contributed by atoms with Crippen LogP contribution < -0.4 is 9.64 Å². The minimum atomic E-state index is 0.0660. The van der Waals surface area contributed by atoms with Crippen LogP contribution in [0.1, 0.15) is 30.4 Å². The second-order valence-corrected chi connectivity index (χ2v) is 9.03. The van der Waals surface area contributed by atoms with E-state index in [1.807, 2.05) is 23.1 Å². The predicted octanol–water partition coefficient (Wildman–Crippen LogP) is 4.36. The van der Waals surface area contributed by atoms with Crippen LogP contribution in [0.4, 0.5) is 5.69 Å². The number of carbonyl (C=O) groups is 1. The lowest BCUT2D eigenvalue weighted by Crippen LogP contribution is -2.49. The van der Waals surface area contributed by atoms with Crippen molar-refractivity contribution in [1.82, 2.24) is 9.80 Å². The molecule has 6 heteroatoms. The van der Waals surface area contributed by atoms with Crippen molar-refractivity contribution < 1.29 is 9.53 Å². The van der Waals surface area contributed by atoms with E-state index in [-0.39, 0.29) is 12.5 Å². The van der Waals surface area contributed by atoms with Crippen molar-refractivity contribution in [3.8, 4) is 5.75 Å². The quantitative estimate of drug-likeness (QED) is 0.667. The van der Waals surface area contributed by atoms with Crippen LogP contribution in [0.25, 0.3) is 0 Å². The highest BCUT2D eigenvalue weighted by atomic mass is 35.5. The maximum Gasteiger partial charge on any atom is 0.260 e. The van der Waals surface area contributed by atoms with E-state index < -0.39 is 0 Å². The number of amides is 1. The van der Waals surface area contributed by atoms with Gasteiger partial charge in [0.1, 0.15) is 5.75 Å². The second-order valence-electron chi connectivity index (χ2n) is 8.59. The molecule has 0 spiro atoms. The molecule has 2 fully saturated rings. The van der Waals surface area contributed by atoms with Crippen molar-refractivity contribution in [3.63, 3.8) is 0 Å². The maximum atomic E-state index is 12.8. The summed E-state index contributed by atoms with van der Waals surface area (Å²) in [6.07, 6.45) is 3.72. The zero-order chi connectivity index (χ0) is 21.6. The molecule has 31 heavy (non-hydrogen) atoms. The SMILES string of the molecule is Cc1ccc(OCC(=O)N2CCN(Cc3ccc(Cl)cc3)CC2)c(N2CCCCC2)c1. The Morgan fingerprint density at radius 1 is 0.935 bits per heavy atom. The average molecular weight is 442 g/mol. The highest BCUT2D eigenvalue weighted by molar-refractivity contribution is 6.30. The van der Waals surface area contributed by atoms with Gasteiger partial charge in [0.25, 0.3) is 5.91 Å². The van der Waals surface area contributed by atoms with Crippen molar-refractivity contribution in [2.75, 3.05) is 50.8 Å². The van der Waals surface area contributed by atoms with E-state index in [0.717, 1.165) is 62.3 Å². The van der Waals surface area contributed by atoms with Gasteiger partial charge >= 0.3 is 0 Å². The van der Waals surface area contributed by atoms with Crippen LogP contribution in [0, 0.1) is 6.92 Å². The van der Waals surface area contributed by atoms with Crippen molar-refractivity contribution in [3.05, 3.63) is 58.6 Å². The summed E-state index contributed by atoms with van der Waals surface area (Å²) in [6, 6.07) is 14.2. The first-order chi connectivity index (χ1) is 15.1. The van der Waals surface area contributed by atoms with E-state index >= 15 is 0 Å². The first kappa shape index (κ1) is 22.0. The largest absolute Gasteiger partial charge is 0.482 e. The molecule has 0 radical (unpaired) electrons. The maximum absolute atomic E-state index is 12.8. The van der Waals surface area contributed by atoms with Gasteiger partial charge in [-0.2, -0.15) is 0 Å². The molecular weight excluding hydrogens is 410 g/mol. The lowest BCUT2D eigenvalue weighted by atomic mass is 10.1. The molecule has 0 aromatic heterocycles. The molecule has 166 valence electrons. The summed E-state index contributed by atoms with van der Waals surface area (Å²) in [4.78, 5) is 19.5. The van der Waals surface area contributed by atoms with Gasteiger partial charge in [0.2, 0.25) is 0 Å². The number of aryl methyl sites for hydroxylation is 1. The minimum Gasteiger partial charge on any atom is -0.482 e. The number of hydrogen-bond acceptors (Lipinski definition) is 4. The molecule has 0 bridgehead atoms. The van der Waals surface area contributed by atoms with Crippen molar-refractivity contribution in [1.29, 1.82) is 0 Å². The van der Waals surface area contributed by atoms with Crippen LogP contribution in [0.5, 0.6) is 5.75 Å². The molecule has 5 nitrogen and oxygen atoms in total. The third kappa shape index (κ3) is 5.92. The number of hydrogen-bond donors (Lipinski definition) is 0. The van der Waals surface area contributed by atoms with Gasteiger partial charge in [-0.05, 0) is 61.6 Å². The number of carbonyl (C=O) groups excluding carboxylic acids is 1. The molecule has 1 amide bonds. The summed E-state index contributed by atoms with van der Waals surface area (Å²) in [5, 5.41) is 0.760. The van der Waals surface area contributed by atoms with Gasteiger partial charge in [-0.25, -0.2) is 0 Å². The topological polar surface area (TPSA) is 36.0 Å². The fourth-order valence-corrected chi connectivity index (χ4v) is 4.49. The van der Waals surface area contributed by atoms with E-state index in [4.69, 9.17) is 16.3 Å². The Labute approximate surface area is 190 Å². The second kappa shape index (κ2) is 10.4. The average Bonchev–Trinajstić information content (AvgIpc) is 2.80. The van der Waals surface area contributed by atoms with Crippen LogP contribution in [-0.2, 0) is 11.3 Å². The highest BCUT2D eigenvalue weighted by Crippen LogP contribution is 2.31. The number of piperazine rings is 1. The molecule has 0 unspecified atom stereocenters. The Bertz CT molecular complexity index is 873. The molecule has 2 aromatic carbocycles. The number of nitrogens with zero attached hydrogens (tertiary/aromatic N) is 3. The number of benzene rings is 2. The Morgan fingerprint density at radius 2 is 1.65 bits per heavy atom. The van der Waals surface area contributed by atoms with E-state index in [1.165, 1.54) is 30.4 Å². The van der Waals surface area contributed by atoms with Gasteiger partial charge in [-0.3, -0.25) is 9.69 Å². The molecular formula is C25H32ClN3O2. The first-order valence-corrected chi connectivity index (χ1v) is 11.7. The minimum absolute atomic E-state index is 0.0660. The zero-order valence-electron chi connectivity index (χ0n) is 18.4. The van der Waals surface area contributed by atoms with Crippen LogP contribution in [-0.4, -0.2) is 61.6 Å². The van der Waals surface area contributed by atoms with Gasteiger partial charge in [0, 0.05) is 50.8 Å². The number of piperidine rings is 1. The van der Waals surface area contributed by atoms with Gasteiger partial charge in [-0.15, -0.1) is 0 Å². The van der Waals surface area contributed by atoms with Gasteiger partial charge in [0.05, 0.1) is 5.69 Å². The molecule has 2 heterocycles. The predicted molar refractivity (Wildman–Crippen MR) is 126 cm³/mol. The zero-order valence-corrected chi connectivity index (χ0v) is 19.1. The summed E-state index contributed by atoms with van der Waals surface area (Å²) in [7, 11) is 0.